The van der Waals surface area contributed by atoms with Gasteiger partial charge in [0.25, 0.3) is 0 Å². The summed E-state index contributed by atoms with van der Waals surface area (Å²) < 4.78 is 5.14. The van der Waals surface area contributed by atoms with E-state index in [1.807, 2.05) is 39.0 Å². The quantitative estimate of drug-likeness (QED) is 0.762. The minimum atomic E-state index is 0.00978. The Hall–Kier alpha value is -2.36. The Morgan fingerprint density at radius 2 is 1.96 bits per heavy atom. The predicted octanol–water partition coefficient (Wildman–Crippen LogP) is 3.83. The zero-order chi connectivity index (χ0) is 16.8. The number of aryl methyl sites for hydroxylation is 3. The van der Waals surface area contributed by atoms with E-state index in [1.54, 1.807) is 18.0 Å². The molecule has 0 N–H and O–H groups in total. The van der Waals surface area contributed by atoms with Crippen LogP contribution in [-0.2, 0) is 17.8 Å². The van der Waals surface area contributed by atoms with Crippen molar-refractivity contribution in [3.63, 3.8) is 0 Å². The molecule has 1 aromatic heterocycles. The number of nitrogens with zero attached hydrogens (tertiary/aromatic N) is 2. The van der Waals surface area contributed by atoms with E-state index in [0.29, 0.717) is 6.54 Å². The van der Waals surface area contributed by atoms with Crippen LogP contribution in [-0.4, -0.2) is 23.0 Å². The first-order valence-electron chi connectivity index (χ1n) is 7.85. The molecule has 0 fully saturated rings. The summed E-state index contributed by atoms with van der Waals surface area (Å²) in [6, 6.07) is 10.3. The van der Waals surface area contributed by atoms with Gasteiger partial charge in [-0.2, -0.15) is 0 Å². The van der Waals surface area contributed by atoms with Crippen LogP contribution in [0.1, 0.15) is 35.9 Å². The van der Waals surface area contributed by atoms with Gasteiger partial charge in [-0.3, -0.25) is 4.79 Å². The molecule has 2 aromatic rings. The van der Waals surface area contributed by atoms with Crippen molar-refractivity contribution in [3.05, 3.63) is 64.6 Å². The van der Waals surface area contributed by atoms with Gasteiger partial charge in [0.2, 0.25) is 5.91 Å². The van der Waals surface area contributed by atoms with Crippen LogP contribution < -0.4 is 0 Å². The molecule has 4 heteroatoms. The molecule has 0 aliphatic carbocycles. The average molecular weight is 312 g/mol. The van der Waals surface area contributed by atoms with Crippen molar-refractivity contribution in [2.75, 3.05) is 7.05 Å². The fraction of sp³-hybridized carbons (Fsp3) is 0.368. The van der Waals surface area contributed by atoms with E-state index in [2.05, 4.69) is 17.3 Å². The molecule has 0 aliphatic heterocycles. The fourth-order valence-corrected chi connectivity index (χ4v) is 2.42. The molecule has 4 nitrogen and oxygen atoms in total. The number of aromatic nitrogens is 1. The zero-order valence-corrected chi connectivity index (χ0v) is 14.3. The molecule has 0 saturated heterocycles. The van der Waals surface area contributed by atoms with Gasteiger partial charge in [0.1, 0.15) is 5.76 Å². The Bertz CT molecular complexity index is 667. The van der Waals surface area contributed by atoms with Crippen molar-refractivity contribution in [1.82, 2.24) is 10.1 Å². The smallest absolute Gasteiger partial charge is 0.246 e. The zero-order valence-electron chi connectivity index (χ0n) is 14.3. The van der Waals surface area contributed by atoms with Crippen LogP contribution in [0.25, 0.3) is 0 Å². The second kappa shape index (κ2) is 7.77. The van der Waals surface area contributed by atoms with Crippen molar-refractivity contribution >= 4 is 5.91 Å². The standard InChI is InChI=1S/C19H24N2O2/c1-14(10-11-17-8-6-5-7-9-17)12-19(22)21(4)13-18-15(2)20-23-16(18)3/h5-9,12H,10-11,13H2,1-4H3/b14-12+. The second-order valence-corrected chi connectivity index (χ2v) is 5.97. The van der Waals surface area contributed by atoms with Gasteiger partial charge in [-0.05, 0) is 39.2 Å². The van der Waals surface area contributed by atoms with E-state index < -0.39 is 0 Å². The largest absolute Gasteiger partial charge is 0.361 e. The summed E-state index contributed by atoms with van der Waals surface area (Å²) in [7, 11) is 1.80. The molecule has 0 bridgehead atoms. The molecule has 0 spiro atoms. The maximum absolute atomic E-state index is 12.3. The van der Waals surface area contributed by atoms with Gasteiger partial charge in [0.05, 0.1) is 12.2 Å². The fourth-order valence-electron chi connectivity index (χ4n) is 2.42. The second-order valence-electron chi connectivity index (χ2n) is 5.97. The Balaban J connectivity index is 1.91. The summed E-state index contributed by atoms with van der Waals surface area (Å²) in [4.78, 5) is 14.0. The molecule has 0 atom stereocenters. The van der Waals surface area contributed by atoms with Crippen molar-refractivity contribution in [2.24, 2.45) is 0 Å². The van der Waals surface area contributed by atoms with Crippen molar-refractivity contribution in [1.29, 1.82) is 0 Å². The van der Waals surface area contributed by atoms with Crippen molar-refractivity contribution < 1.29 is 9.32 Å². The molecule has 1 amide bonds. The number of carbonyl (C=O) groups excluding carboxylic acids is 1. The normalized spacial score (nSPS) is 11.6. The first kappa shape index (κ1) is 17.0. The van der Waals surface area contributed by atoms with Crippen molar-refractivity contribution in [3.8, 4) is 0 Å². The monoisotopic (exact) mass is 312 g/mol. The van der Waals surface area contributed by atoms with Gasteiger partial charge < -0.3 is 9.42 Å². The Morgan fingerprint density at radius 3 is 2.57 bits per heavy atom. The SMILES string of the molecule is C/C(=C\C(=O)N(C)Cc1c(C)noc1C)CCc1ccccc1. The summed E-state index contributed by atoms with van der Waals surface area (Å²) >= 11 is 0. The summed E-state index contributed by atoms with van der Waals surface area (Å²) in [5.74, 6) is 0.780. The van der Waals surface area contributed by atoms with Crippen LogP contribution in [0.5, 0.6) is 0 Å². The highest BCUT2D eigenvalue weighted by Gasteiger charge is 2.14. The number of amides is 1. The Kier molecular flexibility index (Phi) is 5.74. The molecule has 122 valence electrons. The maximum Gasteiger partial charge on any atom is 0.246 e. The number of likely N-dealkylation sites (N-methyl/N-ethyl adjacent to an activating group) is 1. The number of carbonyl (C=O) groups is 1. The van der Waals surface area contributed by atoms with E-state index in [4.69, 9.17) is 4.52 Å². The maximum atomic E-state index is 12.3. The van der Waals surface area contributed by atoms with Gasteiger partial charge in [-0.15, -0.1) is 0 Å². The number of hydrogen-bond acceptors (Lipinski definition) is 3. The van der Waals surface area contributed by atoms with Gasteiger partial charge in [0, 0.05) is 18.7 Å². The average Bonchev–Trinajstić information content (AvgIpc) is 2.85. The molecular weight excluding hydrogens is 288 g/mol. The lowest BCUT2D eigenvalue weighted by Crippen LogP contribution is -2.25. The summed E-state index contributed by atoms with van der Waals surface area (Å²) in [5.41, 5.74) is 4.20. The molecule has 0 saturated carbocycles. The van der Waals surface area contributed by atoms with Gasteiger partial charge in [0.15, 0.2) is 0 Å². The van der Waals surface area contributed by atoms with E-state index in [9.17, 15) is 4.79 Å². The van der Waals surface area contributed by atoms with Crippen LogP contribution in [0.15, 0.2) is 46.5 Å². The highest BCUT2D eigenvalue weighted by molar-refractivity contribution is 5.88. The predicted molar refractivity (Wildman–Crippen MR) is 91.0 cm³/mol. The first-order valence-corrected chi connectivity index (χ1v) is 7.85. The summed E-state index contributed by atoms with van der Waals surface area (Å²) in [6.07, 6.45) is 3.56. The summed E-state index contributed by atoms with van der Waals surface area (Å²) in [6.45, 7) is 6.28. The molecule has 0 aliphatic rings. The number of hydrogen-bond donors (Lipinski definition) is 0. The molecule has 1 aromatic carbocycles. The lowest BCUT2D eigenvalue weighted by Gasteiger charge is -2.15. The topological polar surface area (TPSA) is 46.3 Å². The van der Waals surface area contributed by atoms with E-state index in [1.165, 1.54) is 5.56 Å². The van der Waals surface area contributed by atoms with E-state index in [0.717, 1.165) is 35.4 Å². The van der Waals surface area contributed by atoms with Crippen LogP contribution in [0.4, 0.5) is 0 Å². The Morgan fingerprint density at radius 1 is 1.26 bits per heavy atom. The van der Waals surface area contributed by atoms with Gasteiger partial charge >= 0.3 is 0 Å². The van der Waals surface area contributed by atoms with Crippen LogP contribution in [0.3, 0.4) is 0 Å². The van der Waals surface area contributed by atoms with Crippen LogP contribution in [0, 0.1) is 13.8 Å². The van der Waals surface area contributed by atoms with Crippen LogP contribution >= 0.6 is 0 Å². The number of rotatable bonds is 6. The van der Waals surface area contributed by atoms with Gasteiger partial charge in [-0.1, -0.05) is 41.1 Å². The number of benzene rings is 1. The lowest BCUT2D eigenvalue weighted by molar-refractivity contribution is -0.125. The third-order valence-corrected chi connectivity index (χ3v) is 3.97. The van der Waals surface area contributed by atoms with E-state index >= 15 is 0 Å². The highest BCUT2D eigenvalue weighted by Crippen LogP contribution is 2.15. The number of allylic oxidation sites excluding steroid dienone is 1. The highest BCUT2D eigenvalue weighted by atomic mass is 16.5. The van der Waals surface area contributed by atoms with Crippen LogP contribution in [0.2, 0.25) is 0 Å². The minimum Gasteiger partial charge on any atom is -0.361 e. The van der Waals surface area contributed by atoms with E-state index in [-0.39, 0.29) is 5.91 Å². The third kappa shape index (κ3) is 4.81. The molecule has 2 rings (SSSR count). The Labute approximate surface area is 137 Å². The molecular formula is C19H24N2O2. The third-order valence-electron chi connectivity index (χ3n) is 3.97. The lowest BCUT2D eigenvalue weighted by atomic mass is 10.1. The molecule has 23 heavy (non-hydrogen) atoms. The van der Waals surface area contributed by atoms with Gasteiger partial charge in [-0.25, -0.2) is 0 Å². The first-order chi connectivity index (χ1) is 11.0. The molecule has 0 unspecified atom stereocenters. The molecule has 1 heterocycles. The summed E-state index contributed by atoms with van der Waals surface area (Å²) in [5, 5.41) is 3.92. The minimum absolute atomic E-state index is 0.00978. The molecule has 0 radical (unpaired) electrons. The van der Waals surface area contributed by atoms with Crippen molar-refractivity contribution in [2.45, 2.75) is 40.2 Å².